The van der Waals surface area contributed by atoms with Crippen LogP contribution >= 0.6 is 11.3 Å². The summed E-state index contributed by atoms with van der Waals surface area (Å²) in [6, 6.07) is 8.48. The Morgan fingerprint density at radius 2 is 1.93 bits per heavy atom. The Balaban J connectivity index is 0.000000233. The van der Waals surface area contributed by atoms with Crippen LogP contribution in [0.3, 0.4) is 0 Å². The lowest BCUT2D eigenvalue weighted by molar-refractivity contribution is 0.114. The lowest BCUT2D eigenvalue weighted by Crippen LogP contribution is -2.42. The van der Waals surface area contributed by atoms with Gasteiger partial charge in [0, 0.05) is 12.5 Å². The Labute approximate surface area is 176 Å². The molecule has 0 saturated carbocycles. The smallest absolute Gasteiger partial charge is 0.0975 e. The Morgan fingerprint density at radius 3 is 2.46 bits per heavy atom. The first-order valence-electron chi connectivity index (χ1n) is 11.1. The normalized spacial score (nSPS) is 24.6. The van der Waals surface area contributed by atoms with Gasteiger partial charge in [0.05, 0.1) is 15.2 Å². The van der Waals surface area contributed by atoms with E-state index in [1.54, 1.807) is 0 Å². The number of aromatic nitrogens is 1. The number of nitrogens with one attached hydrogen (secondary N) is 1. The Morgan fingerprint density at radius 1 is 1.21 bits per heavy atom. The summed E-state index contributed by atoms with van der Waals surface area (Å²) in [6.07, 6.45) is 5.28. The van der Waals surface area contributed by atoms with Crippen molar-refractivity contribution in [1.82, 2.24) is 15.2 Å². The molecule has 2 aromatic rings. The van der Waals surface area contributed by atoms with Crippen LogP contribution in [0.2, 0.25) is 0 Å². The minimum Gasteiger partial charge on any atom is -0.316 e. The van der Waals surface area contributed by atoms with Gasteiger partial charge in [0.1, 0.15) is 0 Å². The molecule has 2 saturated heterocycles. The molecule has 2 atom stereocenters. The number of likely N-dealkylation sites (tertiary alicyclic amines) is 1. The first-order valence-corrected chi connectivity index (χ1v) is 11.9. The molecule has 2 aliphatic heterocycles. The molecule has 2 fully saturated rings. The molecule has 0 amide bonds. The van der Waals surface area contributed by atoms with E-state index >= 15 is 0 Å². The molecule has 0 bridgehead atoms. The zero-order chi connectivity index (χ0) is 20.6. The number of hydrogen-bond acceptors (Lipinski definition) is 4. The molecule has 1 N–H and O–H groups in total. The van der Waals surface area contributed by atoms with E-state index in [0.717, 1.165) is 18.0 Å². The fourth-order valence-electron chi connectivity index (χ4n) is 4.15. The molecule has 158 valence electrons. The molecular formula is C24H41N3S. The minimum atomic E-state index is 0.320. The van der Waals surface area contributed by atoms with Crippen LogP contribution in [0, 0.1) is 11.3 Å². The highest BCUT2D eigenvalue weighted by Crippen LogP contribution is 2.44. The number of hydrogen-bond donors (Lipinski definition) is 1. The van der Waals surface area contributed by atoms with Gasteiger partial charge in [0.25, 0.3) is 0 Å². The maximum absolute atomic E-state index is 4.86. The van der Waals surface area contributed by atoms with Crippen molar-refractivity contribution in [3.63, 3.8) is 0 Å². The fourth-order valence-corrected chi connectivity index (χ4v) is 5.46. The van der Waals surface area contributed by atoms with Gasteiger partial charge < -0.3 is 10.2 Å². The number of piperidine rings is 2. The maximum atomic E-state index is 4.86. The summed E-state index contributed by atoms with van der Waals surface area (Å²) in [4.78, 5) is 7.29. The van der Waals surface area contributed by atoms with Crippen molar-refractivity contribution in [2.45, 2.75) is 66.2 Å². The molecule has 4 rings (SSSR count). The van der Waals surface area contributed by atoms with Gasteiger partial charge in [0.2, 0.25) is 0 Å². The number of rotatable bonds is 1. The fraction of sp³-hybridized carbons (Fsp3) is 0.708. The molecule has 0 spiro atoms. The third kappa shape index (κ3) is 6.82. The Hall–Kier alpha value is -0.970. The monoisotopic (exact) mass is 403 g/mol. The van der Waals surface area contributed by atoms with Crippen molar-refractivity contribution in [3.05, 3.63) is 29.3 Å². The molecule has 2 unspecified atom stereocenters. The Bertz CT molecular complexity index is 655. The molecule has 0 aliphatic carbocycles. The van der Waals surface area contributed by atoms with Crippen molar-refractivity contribution >= 4 is 21.6 Å². The number of para-hydroxylation sites is 1. The van der Waals surface area contributed by atoms with Gasteiger partial charge in [-0.1, -0.05) is 53.2 Å². The average molecular weight is 404 g/mol. The van der Waals surface area contributed by atoms with E-state index in [0.29, 0.717) is 11.3 Å². The van der Waals surface area contributed by atoms with Crippen molar-refractivity contribution in [2.75, 3.05) is 33.2 Å². The lowest BCUT2D eigenvalue weighted by atomic mass is 9.74. The van der Waals surface area contributed by atoms with Gasteiger partial charge in [-0.05, 0) is 69.4 Å². The highest BCUT2D eigenvalue weighted by Gasteiger charge is 2.37. The van der Waals surface area contributed by atoms with Crippen LogP contribution in [0.15, 0.2) is 24.3 Å². The van der Waals surface area contributed by atoms with Crippen LogP contribution in [-0.2, 0) is 0 Å². The van der Waals surface area contributed by atoms with Crippen molar-refractivity contribution in [2.24, 2.45) is 11.3 Å². The van der Waals surface area contributed by atoms with Crippen molar-refractivity contribution in [3.8, 4) is 0 Å². The molecule has 28 heavy (non-hydrogen) atoms. The zero-order valence-electron chi connectivity index (χ0n) is 18.9. The highest BCUT2D eigenvalue weighted by molar-refractivity contribution is 7.18. The first-order chi connectivity index (χ1) is 13.4. The van der Waals surface area contributed by atoms with Crippen LogP contribution < -0.4 is 5.32 Å². The van der Waals surface area contributed by atoms with Gasteiger partial charge in [0.15, 0.2) is 0 Å². The van der Waals surface area contributed by atoms with E-state index in [-0.39, 0.29) is 0 Å². The molecule has 2 aliphatic rings. The van der Waals surface area contributed by atoms with Crippen LogP contribution in [0.1, 0.15) is 71.2 Å². The minimum absolute atomic E-state index is 0.320. The molecule has 1 aromatic carbocycles. The van der Waals surface area contributed by atoms with E-state index in [2.05, 4.69) is 76.1 Å². The third-order valence-electron chi connectivity index (χ3n) is 5.57. The van der Waals surface area contributed by atoms with Crippen LogP contribution in [-0.4, -0.2) is 43.1 Å². The average Bonchev–Trinajstić information content (AvgIpc) is 3.06. The van der Waals surface area contributed by atoms with Gasteiger partial charge in [-0.15, -0.1) is 11.3 Å². The third-order valence-corrected chi connectivity index (χ3v) is 6.72. The van der Waals surface area contributed by atoms with Crippen LogP contribution in [0.5, 0.6) is 0 Å². The number of nitrogens with zero attached hydrogens (tertiary/aromatic N) is 2. The summed E-state index contributed by atoms with van der Waals surface area (Å²) >= 11 is 1.88. The molecule has 1 aromatic heterocycles. The van der Waals surface area contributed by atoms with E-state index in [1.165, 1.54) is 55.0 Å². The summed E-state index contributed by atoms with van der Waals surface area (Å²) in [5.74, 6) is 1.53. The van der Waals surface area contributed by atoms with E-state index in [1.807, 2.05) is 11.3 Å². The summed E-state index contributed by atoms with van der Waals surface area (Å²) < 4.78 is 1.32. The number of thiazole rings is 1. The van der Waals surface area contributed by atoms with E-state index in [4.69, 9.17) is 4.98 Å². The highest BCUT2D eigenvalue weighted by atomic mass is 32.1. The Kier molecular flexibility index (Phi) is 9.39. The maximum Gasteiger partial charge on any atom is 0.0975 e. The van der Waals surface area contributed by atoms with Gasteiger partial charge in [-0.2, -0.15) is 0 Å². The van der Waals surface area contributed by atoms with Crippen molar-refractivity contribution < 1.29 is 0 Å². The van der Waals surface area contributed by atoms with Crippen LogP contribution in [0.4, 0.5) is 0 Å². The van der Waals surface area contributed by atoms with Gasteiger partial charge >= 0.3 is 0 Å². The second-order valence-corrected chi connectivity index (χ2v) is 10.3. The largest absolute Gasteiger partial charge is 0.316 e. The summed E-state index contributed by atoms with van der Waals surface area (Å²) in [5, 5.41) is 4.66. The molecular weight excluding hydrogens is 362 g/mol. The van der Waals surface area contributed by atoms with E-state index in [9.17, 15) is 0 Å². The summed E-state index contributed by atoms with van der Waals surface area (Å²) in [7, 11) is 2.22. The van der Waals surface area contributed by atoms with Gasteiger partial charge in [-0.3, -0.25) is 0 Å². The lowest BCUT2D eigenvalue weighted by Gasteiger charge is -2.42. The first kappa shape index (κ1) is 23.3. The summed E-state index contributed by atoms with van der Waals surface area (Å²) in [6.45, 7) is 16.1. The predicted molar refractivity (Wildman–Crippen MR) is 125 cm³/mol. The predicted octanol–water partition coefficient (Wildman–Crippen LogP) is 6.16. The zero-order valence-corrected chi connectivity index (χ0v) is 19.7. The molecule has 0 radical (unpaired) electrons. The van der Waals surface area contributed by atoms with E-state index < -0.39 is 0 Å². The molecule has 4 heteroatoms. The SMILES string of the molecule is CC1CCCNC1.CCC.CN1CCC(c2nc3ccccc3s2)C(C)(C)C1. The second kappa shape index (κ2) is 11.3. The standard InChI is InChI=1S/C15H20N2S.C6H13N.C3H8/c1-15(2)10-17(3)9-8-11(15)14-16-12-6-4-5-7-13(12)18-14;1-6-3-2-4-7-5-6;1-3-2/h4-7,11H,8-10H2,1-3H3;6-7H,2-5H2,1H3;3H2,1-2H3. The summed E-state index contributed by atoms with van der Waals surface area (Å²) in [5.41, 5.74) is 1.48. The van der Waals surface area contributed by atoms with Crippen molar-refractivity contribution in [1.29, 1.82) is 0 Å². The molecule has 3 nitrogen and oxygen atoms in total. The molecule has 3 heterocycles. The topological polar surface area (TPSA) is 28.2 Å². The van der Waals surface area contributed by atoms with Crippen LogP contribution in [0.25, 0.3) is 10.2 Å². The quantitative estimate of drug-likeness (QED) is 0.617. The second-order valence-electron chi connectivity index (χ2n) is 9.25. The number of benzene rings is 1. The van der Waals surface area contributed by atoms with Gasteiger partial charge in [-0.25, -0.2) is 4.98 Å². The number of fused-ring (bicyclic) bond motifs is 1.